The van der Waals surface area contributed by atoms with Crippen molar-refractivity contribution in [2.75, 3.05) is 0 Å². The fourth-order valence-corrected chi connectivity index (χ4v) is 7.87. The molecule has 0 nitrogen and oxygen atoms in total. The van der Waals surface area contributed by atoms with Crippen LogP contribution in [0.15, 0.2) is 121 Å². The van der Waals surface area contributed by atoms with Crippen LogP contribution in [0.5, 0.6) is 0 Å². The van der Waals surface area contributed by atoms with Gasteiger partial charge in [0.15, 0.2) is 0 Å². The second kappa shape index (κ2) is 10.6. The molecule has 4 rings (SSSR count). The summed E-state index contributed by atoms with van der Waals surface area (Å²) < 4.78 is 0. The summed E-state index contributed by atoms with van der Waals surface area (Å²) in [5, 5.41) is 4.30. The van der Waals surface area contributed by atoms with Gasteiger partial charge >= 0.3 is 17.6 Å². The van der Waals surface area contributed by atoms with Gasteiger partial charge in [0.25, 0.3) is 0 Å². The standard InChI is InChI=1S/C25H22P.ClH.GeH4/c1-5-13-22(14-6-1)21-26(23-15-7-2-8-16-23,24-17-9-3-10-18-24)25-19-11-4-12-20-25;;/h1-20H,21H2;1H;1H4/q+1;;/p-1. The zero-order valence-corrected chi connectivity index (χ0v) is 16.7. The summed E-state index contributed by atoms with van der Waals surface area (Å²) in [5.74, 6) is 0. The van der Waals surface area contributed by atoms with Gasteiger partial charge in [-0.1, -0.05) is 84.9 Å². The summed E-state index contributed by atoms with van der Waals surface area (Å²) in [6.45, 7) is 0. The Hall–Kier alpha value is -1.86. The minimum Gasteiger partial charge on any atom is -0.0622 e. The van der Waals surface area contributed by atoms with E-state index in [2.05, 4.69) is 121 Å². The Morgan fingerprint density at radius 2 is 0.714 bits per heavy atom. The maximum absolute atomic E-state index is 2.30. The van der Waals surface area contributed by atoms with E-state index in [4.69, 9.17) is 0 Å². The minimum absolute atomic E-state index is 0. The zero-order chi connectivity index (χ0) is 17.7. The fourth-order valence-electron chi connectivity index (χ4n) is 3.63. The molecule has 3 heteroatoms. The summed E-state index contributed by atoms with van der Waals surface area (Å²) in [7, 11) is -1.78. The Morgan fingerprint density at radius 1 is 0.429 bits per heavy atom. The fraction of sp³-hybridized carbons (Fsp3) is 0.0400. The average Bonchev–Trinajstić information content (AvgIpc) is 2.75. The molecular weight excluding hydrogens is 439 g/mol. The van der Waals surface area contributed by atoms with Crippen molar-refractivity contribution in [2.45, 2.75) is 6.16 Å². The second-order valence-electron chi connectivity index (χ2n) is 6.46. The smallest absolute Gasteiger partial charge is 0.0622 e. The van der Waals surface area contributed by atoms with E-state index >= 15 is 0 Å². The van der Waals surface area contributed by atoms with E-state index in [1.165, 1.54) is 21.5 Å². The maximum atomic E-state index is 2.30. The third kappa shape index (κ3) is 4.58. The van der Waals surface area contributed by atoms with E-state index in [1.807, 2.05) is 0 Å². The van der Waals surface area contributed by atoms with Crippen LogP contribution in [-0.4, -0.2) is 17.6 Å². The molecule has 0 saturated heterocycles. The summed E-state index contributed by atoms with van der Waals surface area (Å²) >= 11 is 0. The number of rotatable bonds is 5. The average molecular weight is 466 g/mol. The predicted octanol–water partition coefficient (Wildman–Crippen LogP) is 0.733. The van der Waals surface area contributed by atoms with Crippen LogP contribution in [0, 0.1) is 0 Å². The Labute approximate surface area is 185 Å². The first-order valence-electron chi connectivity index (χ1n) is 8.98. The molecular formula is C25H26ClGeP. The first-order chi connectivity index (χ1) is 12.9. The molecule has 0 aliphatic heterocycles. The van der Waals surface area contributed by atoms with Crippen molar-refractivity contribution in [3.8, 4) is 0 Å². The monoisotopic (exact) mass is 466 g/mol. The van der Waals surface area contributed by atoms with Crippen molar-refractivity contribution >= 4 is 40.8 Å². The number of hydrogen-bond acceptors (Lipinski definition) is 0. The minimum atomic E-state index is -1.78. The molecule has 4 aromatic carbocycles. The third-order valence-electron chi connectivity index (χ3n) is 4.85. The SMILES string of the molecule is [Cl-].[GeH4].c1ccc(C[P+](c2ccccc2)(c2ccccc2)c2ccccc2)cc1. The molecule has 0 aliphatic rings. The number of benzene rings is 4. The van der Waals surface area contributed by atoms with Crippen molar-refractivity contribution in [3.05, 3.63) is 127 Å². The van der Waals surface area contributed by atoms with Crippen LogP contribution in [0.3, 0.4) is 0 Å². The van der Waals surface area contributed by atoms with E-state index in [1.54, 1.807) is 0 Å². The molecule has 0 unspecified atom stereocenters. The van der Waals surface area contributed by atoms with Gasteiger partial charge in [-0.3, -0.25) is 0 Å². The molecule has 0 spiro atoms. The van der Waals surface area contributed by atoms with E-state index in [0.717, 1.165) is 6.16 Å². The van der Waals surface area contributed by atoms with Crippen LogP contribution < -0.4 is 28.3 Å². The second-order valence-corrected chi connectivity index (χ2v) is 9.95. The van der Waals surface area contributed by atoms with E-state index in [9.17, 15) is 0 Å². The molecule has 0 heterocycles. The predicted molar refractivity (Wildman–Crippen MR) is 127 cm³/mol. The quantitative estimate of drug-likeness (QED) is 0.301. The van der Waals surface area contributed by atoms with Crippen molar-refractivity contribution < 1.29 is 12.4 Å². The number of hydrogen-bond donors (Lipinski definition) is 0. The summed E-state index contributed by atoms with van der Waals surface area (Å²) in [4.78, 5) is 0. The van der Waals surface area contributed by atoms with Gasteiger partial charge in [0.05, 0.1) is 6.16 Å². The van der Waals surface area contributed by atoms with Crippen LogP contribution in [0.1, 0.15) is 5.56 Å². The molecule has 0 saturated carbocycles. The molecule has 4 aromatic rings. The molecule has 0 bridgehead atoms. The van der Waals surface area contributed by atoms with Crippen LogP contribution in [0.2, 0.25) is 0 Å². The van der Waals surface area contributed by atoms with Gasteiger partial charge in [0.2, 0.25) is 0 Å². The van der Waals surface area contributed by atoms with Gasteiger partial charge in [-0.05, 0) is 42.0 Å². The van der Waals surface area contributed by atoms with Crippen LogP contribution in [0.25, 0.3) is 0 Å². The first-order valence-corrected chi connectivity index (χ1v) is 11.0. The van der Waals surface area contributed by atoms with E-state index in [0.29, 0.717) is 0 Å². The Morgan fingerprint density at radius 3 is 1.04 bits per heavy atom. The van der Waals surface area contributed by atoms with Crippen molar-refractivity contribution in [1.82, 2.24) is 0 Å². The van der Waals surface area contributed by atoms with Gasteiger partial charge in [-0.25, -0.2) is 0 Å². The van der Waals surface area contributed by atoms with Crippen LogP contribution in [-0.2, 0) is 6.16 Å². The number of halogens is 1. The summed E-state index contributed by atoms with van der Waals surface area (Å²) in [6, 6.07) is 44.0. The molecule has 0 radical (unpaired) electrons. The zero-order valence-electron chi connectivity index (χ0n) is 15.1. The molecule has 142 valence electrons. The van der Waals surface area contributed by atoms with Crippen LogP contribution >= 0.6 is 7.26 Å². The molecule has 0 fully saturated rings. The maximum Gasteiger partial charge on any atom is 0.116 e. The van der Waals surface area contributed by atoms with Crippen molar-refractivity contribution in [1.29, 1.82) is 0 Å². The van der Waals surface area contributed by atoms with Gasteiger partial charge in [-0.2, -0.15) is 0 Å². The van der Waals surface area contributed by atoms with E-state index < -0.39 is 7.26 Å². The van der Waals surface area contributed by atoms with Crippen molar-refractivity contribution in [3.63, 3.8) is 0 Å². The molecule has 0 amide bonds. The first kappa shape index (κ1) is 22.4. The molecule has 0 atom stereocenters. The largest absolute Gasteiger partial charge is 0.116 e. The van der Waals surface area contributed by atoms with Gasteiger partial charge in [0, 0.05) is 0 Å². The van der Waals surface area contributed by atoms with Gasteiger partial charge < -0.3 is 12.4 Å². The Kier molecular flexibility index (Phi) is 8.51. The summed E-state index contributed by atoms with van der Waals surface area (Å²) in [5.41, 5.74) is 1.39. The Bertz CT molecular complexity index is 848. The third-order valence-corrected chi connectivity index (χ3v) is 9.23. The van der Waals surface area contributed by atoms with Gasteiger partial charge in [-0.15, -0.1) is 0 Å². The Balaban J connectivity index is 0.00000140. The molecule has 28 heavy (non-hydrogen) atoms. The molecule has 0 aliphatic carbocycles. The molecule has 0 N–H and O–H groups in total. The van der Waals surface area contributed by atoms with Crippen LogP contribution in [0.4, 0.5) is 0 Å². The normalized spacial score (nSPS) is 10.4. The van der Waals surface area contributed by atoms with Crippen molar-refractivity contribution in [2.24, 2.45) is 0 Å². The van der Waals surface area contributed by atoms with E-state index in [-0.39, 0.29) is 30.0 Å². The summed E-state index contributed by atoms with van der Waals surface area (Å²) in [6.07, 6.45) is 1.03. The molecule has 0 aromatic heterocycles. The topological polar surface area (TPSA) is 0 Å². The van der Waals surface area contributed by atoms with Gasteiger partial charge in [0.1, 0.15) is 23.2 Å².